The molecule has 4 heteroatoms. The van der Waals surface area contributed by atoms with Crippen LogP contribution in [0.4, 0.5) is 4.39 Å². The summed E-state index contributed by atoms with van der Waals surface area (Å²) in [6.07, 6.45) is 0. The molecule has 0 amide bonds. The molecule has 0 fully saturated rings. The van der Waals surface area contributed by atoms with Gasteiger partial charge in [0.2, 0.25) is 0 Å². The lowest BCUT2D eigenvalue weighted by Crippen LogP contribution is -2.24. The van der Waals surface area contributed by atoms with Crippen molar-refractivity contribution in [3.63, 3.8) is 0 Å². The van der Waals surface area contributed by atoms with Gasteiger partial charge < -0.3 is 14.8 Å². The zero-order chi connectivity index (χ0) is 14.3. The summed E-state index contributed by atoms with van der Waals surface area (Å²) in [6, 6.07) is 5.06. The number of halogens is 1. The van der Waals surface area contributed by atoms with Gasteiger partial charge in [0.25, 0.3) is 0 Å². The van der Waals surface area contributed by atoms with Crippen molar-refractivity contribution in [1.29, 1.82) is 0 Å². The number of rotatable bonds is 8. The van der Waals surface area contributed by atoms with Gasteiger partial charge in [-0.2, -0.15) is 0 Å². The van der Waals surface area contributed by atoms with Crippen LogP contribution in [0.2, 0.25) is 0 Å². The Hall–Kier alpha value is -1.13. The van der Waals surface area contributed by atoms with E-state index < -0.39 is 0 Å². The summed E-state index contributed by atoms with van der Waals surface area (Å²) < 4.78 is 23.8. The topological polar surface area (TPSA) is 30.5 Å². The first-order valence-electron chi connectivity index (χ1n) is 6.69. The molecule has 0 radical (unpaired) electrons. The van der Waals surface area contributed by atoms with Crippen LogP contribution in [0.15, 0.2) is 18.2 Å². The molecule has 1 unspecified atom stereocenters. The Morgan fingerprint density at radius 3 is 2.63 bits per heavy atom. The van der Waals surface area contributed by atoms with Crippen molar-refractivity contribution in [3.05, 3.63) is 29.6 Å². The van der Waals surface area contributed by atoms with Crippen LogP contribution < -0.4 is 10.1 Å². The van der Waals surface area contributed by atoms with Crippen molar-refractivity contribution in [2.45, 2.75) is 26.8 Å². The van der Waals surface area contributed by atoms with E-state index in [1.54, 1.807) is 12.1 Å². The number of ether oxygens (including phenoxy) is 2. The first-order valence-corrected chi connectivity index (χ1v) is 6.69. The molecule has 1 rings (SSSR count). The number of benzene rings is 1. The Morgan fingerprint density at radius 1 is 1.26 bits per heavy atom. The summed E-state index contributed by atoms with van der Waals surface area (Å²) in [6.45, 7) is 8.52. The molecule has 1 atom stereocenters. The molecule has 1 N–H and O–H groups in total. The zero-order valence-corrected chi connectivity index (χ0v) is 12.2. The normalized spacial score (nSPS) is 12.7. The van der Waals surface area contributed by atoms with E-state index in [-0.39, 0.29) is 17.6 Å². The number of nitrogens with one attached hydrogen (secondary N) is 1. The van der Waals surface area contributed by atoms with Crippen molar-refractivity contribution >= 4 is 0 Å². The van der Waals surface area contributed by atoms with E-state index in [2.05, 4.69) is 19.2 Å². The van der Waals surface area contributed by atoms with Crippen LogP contribution in [0.1, 0.15) is 32.4 Å². The van der Waals surface area contributed by atoms with E-state index in [0.717, 1.165) is 18.7 Å². The fourth-order valence-electron chi connectivity index (χ4n) is 1.73. The standard InChI is InChI=1S/C15H24FNO2/c1-11(2)10-19-8-7-17-12(3)13-5-6-14(16)15(9-13)18-4/h5-6,9,11-12,17H,7-8,10H2,1-4H3. The maximum absolute atomic E-state index is 13.3. The maximum Gasteiger partial charge on any atom is 0.165 e. The second-order valence-corrected chi connectivity index (χ2v) is 5.04. The van der Waals surface area contributed by atoms with Gasteiger partial charge in [0, 0.05) is 19.2 Å². The highest BCUT2D eigenvalue weighted by molar-refractivity contribution is 5.31. The van der Waals surface area contributed by atoms with Crippen molar-refractivity contribution < 1.29 is 13.9 Å². The SMILES string of the molecule is COc1cc(C(C)NCCOCC(C)C)ccc1F. The Morgan fingerprint density at radius 2 is 2.00 bits per heavy atom. The van der Waals surface area contributed by atoms with Crippen LogP contribution in [-0.4, -0.2) is 26.9 Å². The molecule has 0 saturated heterocycles. The highest BCUT2D eigenvalue weighted by Gasteiger charge is 2.09. The minimum atomic E-state index is -0.335. The third kappa shape index (κ3) is 5.57. The average molecular weight is 269 g/mol. The Bertz CT molecular complexity index is 382. The third-order valence-corrected chi connectivity index (χ3v) is 2.82. The first kappa shape index (κ1) is 15.9. The monoisotopic (exact) mass is 269 g/mol. The lowest BCUT2D eigenvalue weighted by Gasteiger charge is -2.16. The van der Waals surface area contributed by atoms with Gasteiger partial charge in [0.15, 0.2) is 11.6 Å². The van der Waals surface area contributed by atoms with Gasteiger partial charge in [0.1, 0.15) is 0 Å². The van der Waals surface area contributed by atoms with Crippen LogP contribution in [-0.2, 0) is 4.74 Å². The lowest BCUT2D eigenvalue weighted by atomic mass is 10.1. The molecule has 0 aliphatic carbocycles. The van der Waals surface area contributed by atoms with Crippen molar-refractivity contribution in [2.24, 2.45) is 5.92 Å². The summed E-state index contributed by atoms with van der Waals surface area (Å²) >= 11 is 0. The molecule has 1 aromatic carbocycles. The molecule has 0 heterocycles. The van der Waals surface area contributed by atoms with Crippen LogP contribution >= 0.6 is 0 Å². The molecular formula is C15H24FNO2. The second-order valence-electron chi connectivity index (χ2n) is 5.04. The summed E-state index contributed by atoms with van der Waals surface area (Å²) in [4.78, 5) is 0. The number of methoxy groups -OCH3 is 1. The fourth-order valence-corrected chi connectivity index (χ4v) is 1.73. The van der Waals surface area contributed by atoms with Gasteiger partial charge >= 0.3 is 0 Å². The molecule has 19 heavy (non-hydrogen) atoms. The average Bonchev–Trinajstić information content (AvgIpc) is 2.38. The third-order valence-electron chi connectivity index (χ3n) is 2.82. The van der Waals surface area contributed by atoms with E-state index in [1.165, 1.54) is 13.2 Å². The summed E-state index contributed by atoms with van der Waals surface area (Å²) in [5, 5.41) is 3.34. The van der Waals surface area contributed by atoms with E-state index in [0.29, 0.717) is 12.5 Å². The molecule has 3 nitrogen and oxygen atoms in total. The van der Waals surface area contributed by atoms with Gasteiger partial charge in [-0.05, 0) is 30.5 Å². The molecule has 0 aliphatic rings. The molecule has 108 valence electrons. The number of hydrogen-bond donors (Lipinski definition) is 1. The quantitative estimate of drug-likeness (QED) is 0.735. The second kappa shape index (κ2) is 8.12. The Labute approximate surface area is 115 Å². The summed E-state index contributed by atoms with van der Waals surface area (Å²) in [7, 11) is 1.47. The molecule has 0 spiro atoms. The largest absolute Gasteiger partial charge is 0.494 e. The Kier molecular flexibility index (Phi) is 6.81. The maximum atomic E-state index is 13.3. The molecule has 1 aromatic rings. The minimum absolute atomic E-state index is 0.136. The lowest BCUT2D eigenvalue weighted by molar-refractivity contribution is 0.110. The van der Waals surface area contributed by atoms with Gasteiger partial charge in [-0.1, -0.05) is 19.9 Å². The van der Waals surface area contributed by atoms with Gasteiger partial charge in [0.05, 0.1) is 13.7 Å². The minimum Gasteiger partial charge on any atom is -0.494 e. The number of hydrogen-bond acceptors (Lipinski definition) is 3. The molecule has 0 aliphatic heterocycles. The smallest absolute Gasteiger partial charge is 0.165 e. The first-order chi connectivity index (χ1) is 9.04. The van der Waals surface area contributed by atoms with E-state index >= 15 is 0 Å². The van der Waals surface area contributed by atoms with Crippen molar-refractivity contribution in [2.75, 3.05) is 26.9 Å². The zero-order valence-electron chi connectivity index (χ0n) is 12.2. The highest BCUT2D eigenvalue weighted by atomic mass is 19.1. The van der Waals surface area contributed by atoms with Gasteiger partial charge in [-0.25, -0.2) is 4.39 Å². The fraction of sp³-hybridized carbons (Fsp3) is 0.600. The van der Waals surface area contributed by atoms with Crippen molar-refractivity contribution in [1.82, 2.24) is 5.32 Å². The Balaban J connectivity index is 2.38. The van der Waals surface area contributed by atoms with Gasteiger partial charge in [-0.15, -0.1) is 0 Å². The summed E-state index contributed by atoms with van der Waals surface area (Å²) in [5.41, 5.74) is 1.00. The molecule has 0 saturated carbocycles. The van der Waals surface area contributed by atoms with Gasteiger partial charge in [-0.3, -0.25) is 0 Å². The van der Waals surface area contributed by atoms with Crippen LogP contribution in [0.3, 0.4) is 0 Å². The molecule has 0 aromatic heterocycles. The van der Waals surface area contributed by atoms with E-state index in [4.69, 9.17) is 9.47 Å². The van der Waals surface area contributed by atoms with Crippen LogP contribution in [0.25, 0.3) is 0 Å². The van der Waals surface area contributed by atoms with Crippen molar-refractivity contribution in [3.8, 4) is 5.75 Å². The highest BCUT2D eigenvalue weighted by Crippen LogP contribution is 2.22. The molecular weight excluding hydrogens is 245 g/mol. The van der Waals surface area contributed by atoms with Crippen LogP contribution in [0.5, 0.6) is 5.75 Å². The van der Waals surface area contributed by atoms with E-state index in [9.17, 15) is 4.39 Å². The predicted octanol–water partition coefficient (Wildman–Crippen LogP) is 3.16. The predicted molar refractivity (Wildman–Crippen MR) is 75.0 cm³/mol. The van der Waals surface area contributed by atoms with Crippen LogP contribution in [0, 0.1) is 11.7 Å². The molecule has 0 bridgehead atoms. The summed E-state index contributed by atoms with van der Waals surface area (Å²) in [5.74, 6) is 0.500. The van der Waals surface area contributed by atoms with E-state index in [1.807, 2.05) is 6.92 Å².